The Morgan fingerprint density at radius 2 is 1.65 bits per heavy atom. The summed E-state index contributed by atoms with van der Waals surface area (Å²) in [6.07, 6.45) is 2.40. The third-order valence-electron chi connectivity index (χ3n) is 13.5. The number of aliphatic hydroxyl groups is 2. The van der Waals surface area contributed by atoms with E-state index >= 15 is 4.39 Å². The Balaban J connectivity index is 1.77. The minimum Gasteiger partial charge on any atom is -0.456 e. The molecule has 0 spiro atoms. The van der Waals surface area contributed by atoms with Gasteiger partial charge in [0, 0.05) is 52.0 Å². The first kappa shape index (κ1) is 49.8. The van der Waals surface area contributed by atoms with Gasteiger partial charge in [-0.05, 0) is 94.6 Å². The number of rotatable bonds is 9. The number of ether oxygens (including phenoxy) is 6. The second-order valence-corrected chi connectivity index (χ2v) is 17.7. The monoisotopic (exact) mass is 850 g/mol. The number of ketones is 2. The Bertz CT molecular complexity index is 1550. The van der Waals surface area contributed by atoms with E-state index in [-0.39, 0.29) is 56.1 Å². The molecule has 4 rings (SSSR count). The maximum absolute atomic E-state index is 16.3. The molecule has 14 heteroatoms. The molecule has 2 N–H and O–H groups in total. The molecule has 1 saturated carbocycles. The number of aliphatic hydroxyl groups excluding tert-OH is 1. The molecule has 3 aliphatic heterocycles. The molecule has 0 radical (unpaired) electrons. The molecule has 3 fully saturated rings. The number of cyclic esters (lactones) is 1. The predicted octanol–water partition coefficient (Wildman–Crippen LogP) is 5.63. The lowest BCUT2D eigenvalue weighted by Crippen LogP contribution is -2.64. The van der Waals surface area contributed by atoms with Crippen molar-refractivity contribution in [3.8, 4) is 0 Å². The zero-order valence-corrected chi connectivity index (χ0v) is 37.3. The van der Waals surface area contributed by atoms with Gasteiger partial charge in [0.05, 0.1) is 37.1 Å². The molecular formula is C46H72FNO12. The van der Waals surface area contributed by atoms with Crippen LogP contribution in [0.1, 0.15) is 106 Å². The molecular weight excluding hydrogens is 777 g/mol. The van der Waals surface area contributed by atoms with Crippen molar-refractivity contribution in [2.75, 3.05) is 34.5 Å². The van der Waals surface area contributed by atoms with Crippen LogP contribution in [0.3, 0.4) is 0 Å². The van der Waals surface area contributed by atoms with Crippen molar-refractivity contribution < 1.29 is 62.2 Å². The van der Waals surface area contributed by atoms with E-state index in [1.54, 1.807) is 47.0 Å². The molecule has 15 atom stereocenters. The van der Waals surface area contributed by atoms with Gasteiger partial charge >= 0.3 is 5.97 Å². The summed E-state index contributed by atoms with van der Waals surface area (Å²) in [7, 11) is 4.53. The Kier molecular flexibility index (Phi) is 18.7. The van der Waals surface area contributed by atoms with Crippen LogP contribution in [-0.2, 0) is 47.6 Å². The predicted molar refractivity (Wildman–Crippen MR) is 222 cm³/mol. The fraction of sp³-hybridized carbons (Fsp3) is 0.783. The molecule has 4 aliphatic rings. The van der Waals surface area contributed by atoms with Crippen LogP contribution < -0.4 is 0 Å². The van der Waals surface area contributed by atoms with Gasteiger partial charge < -0.3 is 43.5 Å². The number of Topliss-reactive ketones (excluding diaryl/α,β-unsaturated/α-hetero) is 2. The Morgan fingerprint density at radius 3 is 2.28 bits per heavy atom. The summed E-state index contributed by atoms with van der Waals surface area (Å²) >= 11 is 0. The number of allylic oxidation sites excluding steroid dienone is 3. The van der Waals surface area contributed by atoms with E-state index in [0.717, 1.165) is 17.7 Å². The average Bonchev–Trinajstić information content (AvgIpc) is 3.24. The molecule has 0 aromatic rings. The third kappa shape index (κ3) is 11.6. The van der Waals surface area contributed by atoms with Gasteiger partial charge in [0.2, 0.25) is 5.79 Å². The molecule has 15 unspecified atom stereocenters. The van der Waals surface area contributed by atoms with Crippen molar-refractivity contribution in [3.05, 3.63) is 36.0 Å². The highest BCUT2D eigenvalue weighted by molar-refractivity contribution is 6.39. The van der Waals surface area contributed by atoms with Gasteiger partial charge in [0.1, 0.15) is 30.2 Å². The summed E-state index contributed by atoms with van der Waals surface area (Å²) in [6.45, 7) is 14.5. The summed E-state index contributed by atoms with van der Waals surface area (Å²) in [5, 5.41) is 23.8. The van der Waals surface area contributed by atoms with Crippen molar-refractivity contribution in [1.82, 2.24) is 4.90 Å². The topological polar surface area (TPSA) is 167 Å². The van der Waals surface area contributed by atoms with Gasteiger partial charge in [-0.15, -0.1) is 6.58 Å². The summed E-state index contributed by atoms with van der Waals surface area (Å²) in [6, 6.07) is -1.17. The van der Waals surface area contributed by atoms with Crippen molar-refractivity contribution in [2.45, 2.75) is 166 Å². The number of esters is 1. The highest BCUT2D eigenvalue weighted by Crippen LogP contribution is 2.40. The lowest BCUT2D eigenvalue weighted by atomic mass is 9.81. The quantitative estimate of drug-likeness (QED) is 0.167. The molecule has 2 bridgehead atoms. The number of carbonyl (C=O) groups is 4. The number of hydrogen-bond acceptors (Lipinski definition) is 12. The van der Waals surface area contributed by atoms with Crippen molar-refractivity contribution >= 4 is 23.4 Å². The highest BCUT2D eigenvalue weighted by atomic mass is 19.1. The molecule has 60 heavy (non-hydrogen) atoms. The summed E-state index contributed by atoms with van der Waals surface area (Å²) in [5.74, 6) is -8.98. The molecule has 1 aliphatic carbocycles. The largest absolute Gasteiger partial charge is 0.456 e. The fourth-order valence-electron chi connectivity index (χ4n) is 9.66. The van der Waals surface area contributed by atoms with E-state index in [1.165, 1.54) is 14.2 Å². The molecule has 340 valence electrons. The maximum Gasteiger partial charge on any atom is 0.329 e. The standard InChI is InChI=1S/C46H72FNO12/c1-11-19-58-36-17-16-31(24-37(36)55-8)20-28(5)41-30(7)34(49)25-35(50)32(12-2)21-26(3)40(47)27(4)22-38(56-9)42-39(57-10)23-29(6)46(54,60-42)43(51)44(52)48-18-14-13-15-33(48)45(53)59-41/h11,20-21,27,29-34,36-42,49,54H,1,12-19,22-25H2,2-10H3. The molecule has 0 aromatic heterocycles. The first-order chi connectivity index (χ1) is 28.4. The number of methoxy groups -OCH3 is 3. The highest BCUT2D eigenvalue weighted by Gasteiger charge is 2.57. The van der Waals surface area contributed by atoms with Crippen molar-refractivity contribution in [2.24, 2.45) is 29.6 Å². The summed E-state index contributed by atoms with van der Waals surface area (Å²) in [4.78, 5) is 57.9. The van der Waals surface area contributed by atoms with Crippen LogP contribution in [0.5, 0.6) is 0 Å². The minimum atomic E-state index is -2.60. The Labute approximate surface area is 356 Å². The van der Waals surface area contributed by atoms with Crippen LogP contribution in [0.4, 0.5) is 4.39 Å². The van der Waals surface area contributed by atoms with Gasteiger partial charge in [-0.3, -0.25) is 14.4 Å². The zero-order chi connectivity index (χ0) is 44.5. The molecule has 3 heterocycles. The van der Waals surface area contributed by atoms with Crippen LogP contribution in [0.25, 0.3) is 0 Å². The van der Waals surface area contributed by atoms with E-state index in [4.69, 9.17) is 28.4 Å². The van der Waals surface area contributed by atoms with E-state index in [2.05, 4.69) is 6.58 Å². The van der Waals surface area contributed by atoms with E-state index in [0.29, 0.717) is 43.4 Å². The number of alkyl halides is 1. The van der Waals surface area contributed by atoms with E-state index in [9.17, 15) is 29.4 Å². The van der Waals surface area contributed by atoms with Crippen LogP contribution in [-0.4, -0.2) is 134 Å². The number of piperidine rings is 1. The number of fused-ring (bicyclic) bond motifs is 3. The molecule has 0 aromatic carbocycles. The molecule has 1 amide bonds. The lowest BCUT2D eigenvalue weighted by Gasteiger charge is -2.47. The van der Waals surface area contributed by atoms with E-state index in [1.807, 2.05) is 19.9 Å². The first-order valence-corrected chi connectivity index (χ1v) is 21.9. The Hall–Kier alpha value is -2.85. The molecule has 13 nitrogen and oxygen atoms in total. The third-order valence-corrected chi connectivity index (χ3v) is 13.5. The second kappa shape index (κ2) is 22.5. The number of amides is 1. The lowest BCUT2D eigenvalue weighted by molar-refractivity contribution is -0.302. The number of halogens is 1. The van der Waals surface area contributed by atoms with Crippen molar-refractivity contribution in [1.29, 1.82) is 0 Å². The second-order valence-electron chi connectivity index (χ2n) is 17.7. The number of carbonyl (C=O) groups excluding carboxylic acids is 4. The zero-order valence-electron chi connectivity index (χ0n) is 37.3. The maximum atomic E-state index is 16.3. The fourth-order valence-corrected chi connectivity index (χ4v) is 9.66. The number of nitrogens with zero attached hydrogens (tertiary/aromatic N) is 1. The average molecular weight is 850 g/mol. The van der Waals surface area contributed by atoms with Gasteiger partial charge in [0.15, 0.2) is 0 Å². The van der Waals surface area contributed by atoms with Crippen LogP contribution in [0.15, 0.2) is 36.0 Å². The van der Waals surface area contributed by atoms with Gasteiger partial charge in [0.25, 0.3) is 11.7 Å². The molecule has 2 saturated heterocycles. The van der Waals surface area contributed by atoms with E-state index < -0.39 is 89.9 Å². The normalized spacial score (nSPS) is 39.9. The Morgan fingerprint density at radius 1 is 0.983 bits per heavy atom. The SMILES string of the molecule is C=CCOC1CCC(C=C(C)C2OC(=O)C3CCCCN3C(=O)C(=O)C3(O)OC(C(OC)CC(C)C(F)C(C)=CC(CC)C(=O)CC(O)C2C)C(OC)CC3C)CC1OC. The van der Waals surface area contributed by atoms with Gasteiger partial charge in [-0.25, -0.2) is 9.18 Å². The van der Waals surface area contributed by atoms with Gasteiger partial charge in [-0.1, -0.05) is 45.9 Å². The van der Waals surface area contributed by atoms with Crippen LogP contribution in [0.2, 0.25) is 0 Å². The smallest absolute Gasteiger partial charge is 0.329 e. The van der Waals surface area contributed by atoms with Crippen LogP contribution >= 0.6 is 0 Å². The van der Waals surface area contributed by atoms with Crippen molar-refractivity contribution in [3.63, 3.8) is 0 Å². The number of hydrogen-bond donors (Lipinski definition) is 2. The first-order valence-electron chi connectivity index (χ1n) is 21.9. The summed E-state index contributed by atoms with van der Waals surface area (Å²) < 4.78 is 52.0. The summed E-state index contributed by atoms with van der Waals surface area (Å²) in [5.41, 5.74) is 0.990. The minimum absolute atomic E-state index is 0.0183. The van der Waals surface area contributed by atoms with Gasteiger partial charge in [-0.2, -0.15) is 0 Å². The van der Waals surface area contributed by atoms with Crippen LogP contribution in [0, 0.1) is 29.6 Å².